The molecule has 2 aliphatic rings. The molecule has 0 amide bonds. The van der Waals surface area contributed by atoms with Gasteiger partial charge < -0.3 is 4.74 Å². The molecule has 1 atom stereocenters. The average Bonchev–Trinajstić information content (AvgIpc) is 2.60. The molecule has 1 unspecified atom stereocenters. The lowest BCUT2D eigenvalue weighted by atomic mass is 9.62. The van der Waals surface area contributed by atoms with E-state index in [1.54, 1.807) is 0 Å². The molecule has 1 aliphatic heterocycles. The third kappa shape index (κ3) is 2.43. The van der Waals surface area contributed by atoms with Crippen LogP contribution in [-0.2, 0) is 4.74 Å². The van der Waals surface area contributed by atoms with Gasteiger partial charge in [-0.3, -0.25) is 0 Å². The Bertz CT molecular complexity index is 236. The van der Waals surface area contributed by atoms with Gasteiger partial charge in [-0.05, 0) is 48.9 Å². The lowest BCUT2D eigenvalue weighted by molar-refractivity contribution is 0.0204. The van der Waals surface area contributed by atoms with Crippen molar-refractivity contribution in [1.82, 2.24) is 0 Å². The van der Waals surface area contributed by atoms with Gasteiger partial charge in [0.1, 0.15) is 0 Å². The summed E-state index contributed by atoms with van der Waals surface area (Å²) >= 11 is 2.50. The normalized spacial score (nSPS) is 40.5. The fourth-order valence-corrected chi connectivity index (χ4v) is 4.77. The SMILES string of the molecule is CC(C)(C)C1CCC2(CCOC2CI)CC1. The van der Waals surface area contributed by atoms with Gasteiger partial charge in [-0.2, -0.15) is 0 Å². The van der Waals surface area contributed by atoms with Crippen molar-refractivity contribution >= 4 is 22.6 Å². The largest absolute Gasteiger partial charge is 0.377 e. The zero-order valence-corrected chi connectivity index (χ0v) is 13.0. The molecule has 1 spiro atoms. The van der Waals surface area contributed by atoms with Gasteiger partial charge in [-0.25, -0.2) is 0 Å². The van der Waals surface area contributed by atoms with Crippen LogP contribution >= 0.6 is 22.6 Å². The zero-order chi connectivity index (χ0) is 11.8. The van der Waals surface area contributed by atoms with E-state index in [1.165, 1.54) is 36.5 Å². The Morgan fingerprint density at radius 3 is 2.31 bits per heavy atom. The van der Waals surface area contributed by atoms with Gasteiger partial charge >= 0.3 is 0 Å². The summed E-state index contributed by atoms with van der Waals surface area (Å²) in [5, 5.41) is 0. The van der Waals surface area contributed by atoms with Crippen molar-refractivity contribution in [3.63, 3.8) is 0 Å². The van der Waals surface area contributed by atoms with Gasteiger partial charge in [-0.1, -0.05) is 43.4 Å². The van der Waals surface area contributed by atoms with E-state index >= 15 is 0 Å². The molecule has 1 saturated heterocycles. The van der Waals surface area contributed by atoms with Gasteiger partial charge in [0.15, 0.2) is 0 Å². The summed E-state index contributed by atoms with van der Waals surface area (Å²) in [6.07, 6.45) is 7.51. The van der Waals surface area contributed by atoms with Crippen LogP contribution < -0.4 is 0 Å². The molecule has 0 aromatic carbocycles. The van der Waals surface area contributed by atoms with Crippen molar-refractivity contribution < 1.29 is 4.74 Å². The first-order valence-corrected chi connectivity index (χ1v) is 8.18. The number of ether oxygens (including phenoxy) is 1. The molecule has 1 nitrogen and oxygen atoms in total. The number of hydrogen-bond donors (Lipinski definition) is 0. The highest BCUT2D eigenvalue weighted by Gasteiger charge is 2.46. The van der Waals surface area contributed by atoms with Crippen molar-refractivity contribution in [3.05, 3.63) is 0 Å². The van der Waals surface area contributed by atoms with Gasteiger partial charge in [0, 0.05) is 11.0 Å². The van der Waals surface area contributed by atoms with E-state index in [2.05, 4.69) is 43.4 Å². The second kappa shape index (κ2) is 4.75. The molecular formula is C14H25IO. The monoisotopic (exact) mass is 336 g/mol. The summed E-state index contributed by atoms with van der Waals surface area (Å²) in [6, 6.07) is 0. The van der Waals surface area contributed by atoms with E-state index in [0.717, 1.165) is 12.5 Å². The minimum absolute atomic E-state index is 0.501. The first-order valence-electron chi connectivity index (χ1n) is 6.65. The van der Waals surface area contributed by atoms with Gasteiger partial charge in [0.25, 0.3) is 0 Å². The molecule has 2 fully saturated rings. The molecular weight excluding hydrogens is 311 g/mol. The predicted molar refractivity (Wildman–Crippen MR) is 77.1 cm³/mol. The fourth-order valence-electron chi connectivity index (χ4n) is 3.58. The smallest absolute Gasteiger partial charge is 0.0721 e. The fraction of sp³-hybridized carbons (Fsp3) is 1.00. The lowest BCUT2D eigenvalue weighted by Gasteiger charge is -2.44. The van der Waals surface area contributed by atoms with Crippen LogP contribution in [0.5, 0.6) is 0 Å². The van der Waals surface area contributed by atoms with E-state index in [1.807, 2.05) is 0 Å². The minimum Gasteiger partial charge on any atom is -0.377 e. The van der Waals surface area contributed by atoms with Crippen molar-refractivity contribution in [1.29, 1.82) is 0 Å². The van der Waals surface area contributed by atoms with Crippen LogP contribution in [0.3, 0.4) is 0 Å². The van der Waals surface area contributed by atoms with E-state index in [9.17, 15) is 0 Å². The molecule has 2 heteroatoms. The van der Waals surface area contributed by atoms with Crippen LogP contribution in [0, 0.1) is 16.7 Å². The molecule has 1 aliphatic carbocycles. The highest BCUT2D eigenvalue weighted by molar-refractivity contribution is 14.1. The van der Waals surface area contributed by atoms with Crippen LogP contribution in [0.15, 0.2) is 0 Å². The Morgan fingerprint density at radius 1 is 1.19 bits per heavy atom. The molecule has 0 N–H and O–H groups in total. The Balaban J connectivity index is 1.98. The van der Waals surface area contributed by atoms with Gasteiger partial charge in [0.05, 0.1) is 6.10 Å². The molecule has 16 heavy (non-hydrogen) atoms. The maximum atomic E-state index is 5.91. The molecule has 2 rings (SSSR count). The maximum Gasteiger partial charge on any atom is 0.0721 e. The van der Waals surface area contributed by atoms with Crippen molar-refractivity contribution in [2.24, 2.45) is 16.7 Å². The van der Waals surface area contributed by atoms with Crippen LogP contribution in [0.2, 0.25) is 0 Å². The first-order chi connectivity index (χ1) is 7.48. The molecule has 94 valence electrons. The van der Waals surface area contributed by atoms with Crippen molar-refractivity contribution in [2.45, 2.75) is 59.0 Å². The summed E-state index contributed by atoms with van der Waals surface area (Å²) in [5.74, 6) is 0.925. The molecule has 0 aromatic rings. The van der Waals surface area contributed by atoms with Crippen LogP contribution in [0.4, 0.5) is 0 Å². The number of hydrogen-bond acceptors (Lipinski definition) is 1. The third-order valence-corrected chi connectivity index (χ3v) is 5.75. The van der Waals surface area contributed by atoms with Crippen molar-refractivity contribution in [2.75, 3.05) is 11.0 Å². The van der Waals surface area contributed by atoms with Gasteiger partial charge in [0.2, 0.25) is 0 Å². The van der Waals surface area contributed by atoms with Crippen LogP contribution in [-0.4, -0.2) is 17.1 Å². The zero-order valence-electron chi connectivity index (χ0n) is 10.9. The molecule has 0 radical (unpaired) electrons. The Hall–Kier alpha value is 0.690. The maximum absolute atomic E-state index is 5.91. The highest BCUT2D eigenvalue weighted by atomic mass is 127. The molecule has 0 bridgehead atoms. The second-order valence-electron chi connectivity index (χ2n) is 6.77. The van der Waals surface area contributed by atoms with E-state index < -0.39 is 0 Å². The molecule has 0 aromatic heterocycles. The Labute approximate surface area is 114 Å². The topological polar surface area (TPSA) is 9.23 Å². The summed E-state index contributed by atoms with van der Waals surface area (Å²) in [7, 11) is 0. The summed E-state index contributed by atoms with van der Waals surface area (Å²) in [4.78, 5) is 0. The quantitative estimate of drug-likeness (QED) is 0.508. The third-order valence-electron chi connectivity index (χ3n) is 4.95. The number of alkyl halides is 1. The van der Waals surface area contributed by atoms with Crippen LogP contribution in [0.1, 0.15) is 52.9 Å². The summed E-state index contributed by atoms with van der Waals surface area (Å²) in [5.41, 5.74) is 1.06. The Kier molecular flexibility index (Phi) is 3.90. The molecule has 1 heterocycles. The Morgan fingerprint density at radius 2 is 1.81 bits per heavy atom. The highest BCUT2D eigenvalue weighted by Crippen LogP contribution is 2.52. The standard InChI is InChI=1S/C14H25IO/c1-13(2,3)11-4-6-14(7-5-11)8-9-16-12(14)10-15/h11-12H,4-10H2,1-3H3. The minimum atomic E-state index is 0.501. The number of rotatable bonds is 1. The second-order valence-corrected chi connectivity index (χ2v) is 7.65. The first kappa shape index (κ1) is 13.1. The summed E-state index contributed by atoms with van der Waals surface area (Å²) < 4.78 is 7.09. The van der Waals surface area contributed by atoms with Crippen LogP contribution in [0.25, 0.3) is 0 Å². The van der Waals surface area contributed by atoms with E-state index in [4.69, 9.17) is 4.74 Å². The average molecular weight is 336 g/mol. The van der Waals surface area contributed by atoms with Crippen molar-refractivity contribution in [3.8, 4) is 0 Å². The number of halogens is 1. The summed E-state index contributed by atoms with van der Waals surface area (Å²) in [6.45, 7) is 8.21. The molecule has 1 saturated carbocycles. The predicted octanol–water partition coefficient (Wildman–Crippen LogP) is 4.43. The van der Waals surface area contributed by atoms with Gasteiger partial charge in [-0.15, -0.1) is 0 Å². The lowest BCUT2D eigenvalue weighted by Crippen LogP contribution is -2.38. The van der Waals surface area contributed by atoms with E-state index in [-0.39, 0.29) is 0 Å². The van der Waals surface area contributed by atoms with E-state index in [0.29, 0.717) is 16.9 Å².